The van der Waals surface area contributed by atoms with E-state index < -0.39 is 0 Å². The van der Waals surface area contributed by atoms with E-state index in [1.165, 1.54) is 21.4 Å². The van der Waals surface area contributed by atoms with Crippen LogP contribution in [0.4, 0.5) is 0 Å². The van der Waals surface area contributed by atoms with Crippen molar-refractivity contribution in [3.8, 4) is 11.5 Å². The summed E-state index contributed by atoms with van der Waals surface area (Å²) in [4.78, 5) is 18.2. The molecule has 0 N–H and O–H groups in total. The van der Waals surface area contributed by atoms with Crippen molar-refractivity contribution in [2.45, 2.75) is 33.1 Å². The van der Waals surface area contributed by atoms with Gasteiger partial charge in [0.1, 0.15) is 0 Å². The lowest BCUT2D eigenvalue weighted by atomic mass is 9.96. The fourth-order valence-electron chi connectivity index (χ4n) is 3.69. The van der Waals surface area contributed by atoms with Gasteiger partial charge in [0.05, 0.1) is 18.8 Å². The molecule has 166 valence electrons. The van der Waals surface area contributed by atoms with Crippen molar-refractivity contribution in [1.82, 2.24) is 14.6 Å². The van der Waals surface area contributed by atoms with Crippen LogP contribution in [0.15, 0.2) is 47.3 Å². The topological polar surface area (TPSA) is 65.7 Å². The molecule has 1 atom stereocenters. The maximum Gasteiger partial charge on any atom is 0.291 e. The summed E-state index contributed by atoms with van der Waals surface area (Å²) in [5, 5.41) is 4.52. The molecule has 4 rings (SSSR count). The van der Waals surface area contributed by atoms with E-state index in [9.17, 15) is 4.79 Å². The highest BCUT2D eigenvalue weighted by Crippen LogP contribution is 2.28. The highest BCUT2D eigenvalue weighted by Gasteiger charge is 2.17. The van der Waals surface area contributed by atoms with Crippen LogP contribution in [-0.4, -0.2) is 28.8 Å². The number of ether oxygens (including phenoxy) is 2. The molecule has 6 nitrogen and oxygen atoms in total. The maximum atomic E-state index is 12.9. The fourth-order valence-corrected chi connectivity index (χ4v) is 4.60. The molecule has 32 heavy (non-hydrogen) atoms. The molecule has 0 aliphatic heterocycles. The van der Waals surface area contributed by atoms with E-state index in [0.29, 0.717) is 32.7 Å². The summed E-state index contributed by atoms with van der Waals surface area (Å²) in [6, 6.07) is 14.1. The number of nitrogens with zero attached hydrogens (tertiary/aromatic N) is 3. The van der Waals surface area contributed by atoms with Crippen LogP contribution in [0.5, 0.6) is 11.5 Å². The number of aromatic nitrogens is 3. The van der Waals surface area contributed by atoms with E-state index in [1.807, 2.05) is 24.3 Å². The van der Waals surface area contributed by atoms with Gasteiger partial charge in [0, 0.05) is 5.92 Å². The predicted octanol–water partition coefficient (Wildman–Crippen LogP) is 4.07. The minimum Gasteiger partial charge on any atom is -0.493 e. The number of hydrogen-bond donors (Lipinski definition) is 0. The van der Waals surface area contributed by atoms with Crippen LogP contribution in [0.1, 0.15) is 49.2 Å². The lowest BCUT2D eigenvalue weighted by Crippen LogP contribution is -2.24. The second kappa shape index (κ2) is 9.12. The third-order valence-corrected chi connectivity index (χ3v) is 6.37. The Balaban J connectivity index is 1.63. The molecule has 2 heterocycles. The Morgan fingerprint density at radius 3 is 2.38 bits per heavy atom. The summed E-state index contributed by atoms with van der Waals surface area (Å²) in [6.07, 6.45) is 2.88. The van der Waals surface area contributed by atoms with E-state index in [2.05, 4.69) is 55.1 Å². The minimum atomic E-state index is -0.169. The molecular weight excluding hydrogens is 422 g/mol. The zero-order chi connectivity index (χ0) is 22.8. The van der Waals surface area contributed by atoms with Crippen LogP contribution in [0, 0.1) is 5.92 Å². The van der Waals surface area contributed by atoms with Gasteiger partial charge in [0.25, 0.3) is 5.56 Å². The largest absolute Gasteiger partial charge is 0.493 e. The summed E-state index contributed by atoms with van der Waals surface area (Å²) in [5.41, 5.74) is 3.14. The van der Waals surface area contributed by atoms with E-state index in [4.69, 9.17) is 9.47 Å². The van der Waals surface area contributed by atoms with Gasteiger partial charge in [-0.3, -0.25) is 4.79 Å². The fraction of sp³-hybridized carbons (Fsp3) is 0.320. The van der Waals surface area contributed by atoms with Crippen LogP contribution in [-0.2, 0) is 6.42 Å². The van der Waals surface area contributed by atoms with Crippen molar-refractivity contribution < 1.29 is 9.47 Å². The summed E-state index contributed by atoms with van der Waals surface area (Å²) >= 11 is 1.33. The second-order valence-corrected chi connectivity index (χ2v) is 9.26. The summed E-state index contributed by atoms with van der Waals surface area (Å²) in [5.74, 6) is 2.55. The van der Waals surface area contributed by atoms with Crippen LogP contribution >= 0.6 is 11.3 Å². The lowest BCUT2D eigenvalue weighted by Gasteiger charge is -2.10. The molecule has 0 spiro atoms. The van der Waals surface area contributed by atoms with Crippen LogP contribution < -0.4 is 19.6 Å². The molecule has 0 bridgehead atoms. The van der Waals surface area contributed by atoms with E-state index in [1.54, 1.807) is 14.2 Å². The van der Waals surface area contributed by atoms with Crippen molar-refractivity contribution in [3.63, 3.8) is 0 Å². The Morgan fingerprint density at radius 2 is 1.75 bits per heavy atom. The number of methoxy groups -OCH3 is 2. The normalized spacial score (nSPS) is 13.1. The predicted molar refractivity (Wildman–Crippen MR) is 128 cm³/mol. The third kappa shape index (κ3) is 4.39. The first kappa shape index (κ1) is 22.0. The average Bonchev–Trinajstić information content (AvgIpc) is 3.32. The summed E-state index contributed by atoms with van der Waals surface area (Å²) in [6.45, 7) is 6.50. The van der Waals surface area contributed by atoms with Crippen LogP contribution in [0.25, 0.3) is 11.0 Å². The zero-order valence-electron chi connectivity index (χ0n) is 19.0. The molecule has 0 aliphatic rings. The number of hydrogen-bond acceptors (Lipinski definition) is 6. The molecule has 2 aromatic heterocycles. The standard InChI is InChI=1S/C25H27N3O3S/c1-15(2)12-17-6-9-19(10-7-17)16(3)23-26-25-28(27-23)24(29)22(32-25)14-18-8-11-20(30-4)21(13-18)31-5/h6-11,13-16H,12H2,1-5H3/b22-14-. The molecule has 4 aromatic rings. The van der Waals surface area contributed by atoms with Gasteiger partial charge in [-0.2, -0.15) is 4.52 Å². The minimum absolute atomic E-state index is 0.00730. The number of fused-ring (bicyclic) bond motifs is 1. The summed E-state index contributed by atoms with van der Waals surface area (Å²) in [7, 11) is 3.18. The average molecular weight is 450 g/mol. The van der Waals surface area contributed by atoms with Gasteiger partial charge in [-0.15, -0.1) is 5.10 Å². The molecule has 1 unspecified atom stereocenters. The van der Waals surface area contributed by atoms with Gasteiger partial charge < -0.3 is 9.47 Å². The van der Waals surface area contributed by atoms with Crippen molar-refractivity contribution in [2.75, 3.05) is 14.2 Å². The zero-order valence-corrected chi connectivity index (χ0v) is 19.8. The second-order valence-electron chi connectivity index (χ2n) is 8.26. The quantitative estimate of drug-likeness (QED) is 0.426. The molecule has 0 amide bonds. The van der Waals surface area contributed by atoms with Crippen molar-refractivity contribution in [2.24, 2.45) is 5.92 Å². The molecule has 0 aliphatic carbocycles. The Morgan fingerprint density at radius 1 is 1.03 bits per heavy atom. The van der Waals surface area contributed by atoms with Gasteiger partial charge in [-0.05, 0) is 47.2 Å². The van der Waals surface area contributed by atoms with E-state index in [-0.39, 0.29) is 11.5 Å². The Labute approximate surface area is 191 Å². The molecule has 0 saturated carbocycles. The first-order chi connectivity index (χ1) is 15.4. The molecule has 7 heteroatoms. The molecule has 0 radical (unpaired) electrons. The maximum absolute atomic E-state index is 12.9. The van der Waals surface area contributed by atoms with Gasteiger partial charge in [0.15, 0.2) is 17.3 Å². The number of rotatable bonds is 7. The van der Waals surface area contributed by atoms with Crippen molar-refractivity contribution in [1.29, 1.82) is 0 Å². The van der Waals surface area contributed by atoms with Gasteiger partial charge in [-0.25, -0.2) is 4.98 Å². The van der Waals surface area contributed by atoms with Crippen molar-refractivity contribution in [3.05, 3.63) is 79.9 Å². The smallest absolute Gasteiger partial charge is 0.291 e. The van der Waals surface area contributed by atoms with Crippen molar-refractivity contribution >= 4 is 22.4 Å². The molecule has 0 saturated heterocycles. The van der Waals surface area contributed by atoms with Gasteiger partial charge >= 0.3 is 0 Å². The first-order valence-corrected chi connectivity index (χ1v) is 11.4. The molecule has 2 aromatic carbocycles. The number of benzene rings is 2. The third-order valence-electron chi connectivity index (χ3n) is 5.41. The lowest BCUT2D eigenvalue weighted by molar-refractivity contribution is 0.355. The molecule has 0 fully saturated rings. The Bertz CT molecular complexity index is 1340. The first-order valence-electron chi connectivity index (χ1n) is 10.6. The monoisotopic (exact) mass is 449 g/mol. The van der Waals surface area contributed by atoms with E-state index in [0.717, 1.165) is 17.5 Å². The van der Waals surface area contributed by atoms with E-state index >= 15 is 0 Å². The Kier molecular flexibility index (Phi) is 6.28. The number of thiazole rings is 1. The van der Waals surface area contributed by atoms with Crippen LogP contribution in [0.2, 0.25) is 0 Å². The summed E-state index contributed by atoms with van der Waals surface area (Å²) < 4.78 is 12.6. The van der Waals surface area contributed by atoms with Crippen LogP contribution in [0.3, 0.4) is 0 Å². The Hall–Kier alpha value is -3.19. The highest BCUT2D eigenvalue weighted by molar-refractivity contribution is 7.15. The van der Waals surface area contributed by atoms with Gasteiger partial charge in [0.2, 0.25) is 4.96 Å². The highest BCUT2D eigenvalue weighted by atomic mass is 32.1. The molecular formula is C25H27N3O3S. The SMILES string of the molecule is COc1ccc(/C=c2\sc3nc(C(C)c4ccc(CC(C)C)cc4)nn3c2=O)cc1OC. The van der Waals surface area contributed by atoms with Gasteiger partial charge in [-0.1, -0.05) is 62.4 Å².